The maximum absolute atomic E-state index is 12.2. The lowest BCUT2D eigenvalue weighted by molar-refractivity contribution is -0.129. The summed E-state index contributed by atoms with van der Waals surface area (Å²) in [6, 6.07) is 23.1. The highest BCUT2D eigenvalue weighted by Crippen LogP contribution is 2.28. The average molecular weight is 497 g/mol. The fourth-order valence-corrected chi connectivity index (χ4v) is 3.95. The summed E-state index contributed by atoms with van der Waals surface area (Å²) in [6.07, 6.45) is 2.68. The molecule has 0 aliphatic rings. The van der Waals surface area contributed by atoms with Crippen LogP contribution in [0.25, 0.3) is 21.5 Å². The Kier molecular flexibility index (Phi) is 8.44. The summed E-state index contributed by atoms with van der Waals surface area (Å²) in [5.41, 5.74) is 6.41. The Hall–Kier alpha value is -4.72. The van der Waals surface area contributed by atoms with Crippen molar-refractivity contribution in [3.8, 4) is 11.5 Å². The lowest BCUT2D eigenvalue weighted by atomic mass is 10.0. The largest absolute Gasteiger partial charge is 0.493 e. The molecule has 188 valence electrons. The first-order valence-electron chi connectivity index (χ1n) is 12.0. The fourth-order valence-electron chi connectivity index (χ4n) is 3.95. The van der Waals surface area contributed by atoms with E-state index in [1.165, 1.54) is 0 Å². The number of carbonyl (C=O) groups excluding carboxylic acids is 2. The van der Waals surface area contributed by atoms with Crippen molar-refractivity contribution in [1.82, 2.24) is 10.9 Å². The van der Waals surface area contributed by atoms with Crippen molar-refractivity contribution in [2.24, 2.45) is 10.2 Å². The van der Waals surface area contributed by atoms with Crippen LogP contribution < -0.4 is 20.3 Å². The first-order chi connectivity index (χ1) is 18.1. The van der Waals surface area contributed by atoms with Gasteiger partial charge in [-0.15, -0.1) is 0 Å². The zero-order chi connectivity index (χ0) is 26.0. The van der Waals surface area contributed by atoms with E-state index in [-0.39, 0.29) is 0 Å². The molecule has 0 saturated heterocycles. The van der Waals surface area contributed by atoms with E-state index in [1.54, 1.807) is 12.4 Å². The van der Waals surface area contributed by atoms with E-state index in [9.17, 15) is 9.59 Å². The normalized spacial score (nSPS) is 11.3. The molecule has 0 atom stereocenters. The number of rotatable bonds is 10. The third kappa shape index (κ3) is 6.29. The van der Waals surface area contributed by atoms with Gasteiger partial charge in [-0.2, -0.15) is 10.2 Å². The number of benzene rings is 4. The van der Waals surface area contributed by atoms with Gasteiger partial charge < -0.3 is 9.47 Å². The van der Waals surface area contributed by atoms with Crippen LogP contribution in [0.15, 0.2) is 83.0 Å². The second-order valence-electron chi connectivity index (χ2n) is 8.03. The number of nitrogens with one attached hydrogen (secondary N) is 2. The van der Waals surface area contributed by atoms with Gasteiger partial charge in [0.2, 0.25) is 11.8 Å². The summed E-state index contributed by atoms with van der Waals surface area (Å²) >= 11 is 0. The van der Waals surface area contributed by atoms with E-state index < -0.39 is 18.2 Å². The predicted octanol–water partition coefficient (Wildman–Crippen LogP) is 4.78. The molecular weight excluding hydrogens is 468 g/mol. The first-order valence-corrected chi connectivity index (χ1v) is 12.0. The zero-order valence-corrected chi connectivity index (χ0v) is 20.7. The maximum Gasteiger partial charge on any atom is 0.249 e. The van der Waals surface area contributed by atoms with Crippen molar-refractivity contribution in [1.29, 1.82) is 0 Å². The molecule has 0 spiro atoms. The van der Waals surface area contributed by atoms with Crippen molar-refractivity contribution >= 4 is 45.8 Å². The molecule has 0 bridgehead atoms. The van der Waals surface area contributed by atoms with Crippen LogP contribution in [0.2, 0.25) is 0 Å². The van der Waals surface area contributed by atoms with Gasteiger partial charge in [-0.25, -0.2) is 10.9 Å². The second kappa shape index (κ2) is 12.3. The zero-order valence-electron chi connectivity index (χ0n) is 20.7. The molecule has 0 aromatic heterocycles. The molecule has 2 N–H and O–H groups in total. The topological polar surface area (TPSA) is 101 Å². The highest BCUT2D eigenvalue weighted by atomic mass is 16.5. The van der Waals surface area contributed by atoms with E-state index in [4.69, 9.17) is 9.47 Å². The van der Waals surface area contributed by atoms with Gasteiger partial charge in [0.05, 0.1) is 25.6 Å². The van der Waals surface area contributed by atoms with Gasteiger partial charge in [0.15, 0.2) is 0 Å². The lowest BCUT2D eigenvalue weighted by Gasteiger charge is -2.09. The molecule has 0 unspecified atom stereocenters. The molecular formula is C29H28N4O4. The van der Waals surface area contributed by atoms with E-state index in [2.05, 4.69) is 21.1 Å². The Balaban J connectivity index is 1.34. The molecule has 0 heterocycles. The minimum atomic E-state index is -0.550. The molecule has 0 fully saturated rings. The molecule has 4 aromatic carbocycles. The second-order valence-corrected chi connectivity index (χ2v) is 8.03. The van der Waals surface area contributed by atoms with Crippen LogP contribution in [0.5, 0.6) is 11.5 Å². The molecule has 0 aliphatic heterocycles. The summed E-state index contributed by atoms with van der Waals surface area (Å²) in [6.45, 7) is 5.00. The quantitative estimate of drug-likeness (QED) is 0.187. The summed E-state index contributed by atoms with van der Waals surface area (Å²) in [4.78, 5) is 24.4. The number of fused-ring (bicyclic) bond motifs is 2. The predicted molar refractivity (Wildman–Crippen MR) is 146 cm³/mol. The van der Waals surface area contributed by atoms with Crippen molar-refractivity contribution in [2.45, 2.75) is 20.3 Å². The third-order valence-corrected chi connectivity index (χ3v) is 5.54. The fraction of sp³-hybridized carbons (Fsp3) is 0.172. The Morgan fingerprint density at radius 2 is 1.05 bits per heavy atom. The van der Waals surface area contributed by atoms with Crippen molar-refractivity contribution in [2.75, 3.05) is 13.2 Å². The van der Waals surface area contributed by atoms with Crippen LogP contribution in [0.4, 0.5) is 0 Å². The average Bonchev–Trinajstić information content (AvgIpc) is 2.91. The molecule has 4 rings (SSSR count). The van der Waals surface area contributed by atoms with Gasteiger partial charge in [0.25, 0.3) is 0 Å². The van der Waals surface area contributed by atoms with E-state index in [0.29, 0.717) is 13.2 Å². The van der Waals surface area contributed by atoms with E-state index >= 15 is 0 Å². The van der Waals surface area contributed by atoms with Crippen LogP contribution in [-0.2, 0) is 9.59 Å². The van der Waals surface area contributed by atoms with Gasteiger partial charge in [0, 0.05) is 21.9 Å². The van der Waals surface area contributed by atoms with Crippen LogP contribution in [0.3, 0.4) is 0 Å². The molecule has 2 amide bonds. The lowest BCUT2D eigenvalue weighted by Crippen LogP contribution is -2.27. The Bertz CT molecular complexity index is 1370. The van der Waals surface area contributed by atoms with Gasteiger partial charge in [-0.1, -0.05) is 48.5 Å². The Labute approximate surface area is 215 Å². The van der Waals surface area contributed by atoms with Gasteiger partial charge in [-0.3, -0.25) is 9.59 Å². The molecule has 0 radical (unpaired) electrons. The minimum Gasteiger partial charge on any atom is -0.493 e. The summed E-state index contributed by atoms with van der Waals surface area (Å²) in [7, 11) is 0. The maximum atomic E-state index is 12.2. The smallest absolute Gasteiger partial charge is 0.249 e. The molecule has 0 saturated carbocycles. The number of nitrogens with zero attached hydrogens (tertiary/aromatic N) is 2. The van der Waals surface area contributed by atoms with Gasteiger partial charge >= 0.3 is 0 Å². The first kappa shape index (κ1) is 25.4. The summed E-state index contributed by atoms with van der Waals surface area (Å²) < 4.78 is 11.4. The molecule has 8 nitrogen and oxygen atoms in total. The van der Waals surface area contributed by atoms with Crippen LogP contribution in [0, 0.1) is 0 Å². The molecule has 8 heteroatoms. The third-order valence-electron chi connectivity index (χ3n) is 5.54. The standard InChI is InChI=1S/C29H28N4O4/c1-3-36-26-15-13-20(22-9-5-7-11-24(22)26)18-30-32-28(34)17-29(35)33-31-19-21-14-16-27(37-4-2)25-12-8-6-10-23(21)25/h5-16,18-19H,3-4,17H2,1-2H3,(H,32,34)(H,33,35)/b30-18-,31-19+. The highest BCUT2D eigenvalue weighted by molar-refractivity contribution is 6.04. The summed E-state index contributed by atoms with van der Waals surface area (Å²) in [5, 5.41) is 11.8. The van der Waals surface area contributed by atoms with Crippen molar-refractivity contribution < 1.29 is 19.1 Å². The monoisotopic (exact) mass is 496 g/mol. The molecule has 37 heavy (non-hydrogen) atoms. The van der Waals surface area contributed by atoms with Crippen molar-refractivity contribution in [3.63, 3.8) is 0 Å². The number of hydrazone groups is 2. The van der Waals surface area contributed by atoms with E-state index in [1.807, 2.05) is 86.6 Å². The molecule has 0 aliphatic carbocycles. The van der Waals surface area contributed by atoms with Crippen molar-refractivity contribution in [3.05, 3.63) is 83.9 Å². The Morgan fingerprint density at radius 1 is 0.649 bits per heavy atom. The Morgan fingerprint density at radius 3 is 1.46 bits per heavy atom. The van der Waals surface area contributed by atoms with Crippen LogP contribution in [-0.4, -0.2) is 37.5 Å². The SMILES string of the molecule is CCOc1ccc(/C=N\NC(=O)CC(=O)N/N=C/c2ccc(OCC)c3ccccc23)c2ccccc12. The molecule has 4 aromatic rings. The van der Waals surface area contributed by atoms with E-state index in [0.717, 1.165) is 44.2 Å². The van der Waals surface area contributed by atoms with Crippen LogP contribution >= 0.6 is 0 Å². The summed E-state index contributed by atoms with van der Waals surface area (Å²) in [5.74, 6) is 0.473. The van der Waals surface area contributed by atoms with Crippen LogP contribution in [0.1, 0.15) is 31.4 Å². The number of carbonyl (C=O) groups is 2. The van der Waals surface area contributed by atoms with Gasteiger partial charge in [-0.05, 0) is 48.9 Å². The number of hydrogen-bond donors (Lipinski definition) is 2. The number of ether oxygens (including phenoxy) is 2. The number of hydrogen-bond acceptors (Lipinski definition) is 6. The highest BCUT2D eigenvalue weighted by Gasteiger charge is 2.09. The van der Waals surface area contributed by atoms with Gasteiger partial charge in [0.1, 0.15) is 17.9 Å². The minimum absolute atomic E-state index is 0.414. The number of amides is 2.